The van der Waals surface area contributed by atoms with Gasteiger partial charge in [-0.1, -0.05) is 18.3 Å². The van der Waals surface area contributed by atoms with Gasteiger partial charge in [-0.25, -0.2) is 0 Å². The molecule has 0 aliphatic rings. The largest absolute Gasteiger partial charge is 0.457 e. The molecule has 4 nitrogen and oxygen atoms in total. The van der Waals surface area contributed by atoms with Crippen LogP contribution in [-0.2, 0) is 6.54 Å². The van der Waals surface area contributed by atoms with Gasteiger partial charge in [-0.3, -0.25) is 0 Å². The van der Waals surface area contributed by atoms with Crippen LogP contribution >= 0.6 is 27.3 Å². The highest BCUT2D eigenvalue weighted by Crippen LogP contribution is 2.31. The first-order valence-corrected chi connectivity index (χ1v) is 6.68. The summed E-state index contributed by atoms with van der Waals surface area (Å²) >= 11 is 4.91. The maximum absolute atomic E-state index is 5.17. The smallest absolute Gasteiger partial charge is 0.179 e. The molecule has 86 valence electrons. The highest BCUT2D eigenvalue weighted by atomic mass is 79.9. The average Bonchev–Trinajstić information content (AvgIpc) is 2.87. The van der Waals surface area contributed by atoms with Crippen molar-refractivity contribution in [3.63, 3.8) is 0 Å². The summed E-state index contributed by atoms with van der Waals surface area (Å²) < 4.78 is 5.87. The maximum atomic E-state index is 5.17. The van der Waals surface area contributed by atoms with Gasteiger partial charge in [0.25, 0.3) is 0 Å². The number of halogens is 1. The van der Waals surface area contributed by atoms with E-state index >= 15 is 0 Å². The molecule has 0 radical (unpaired) electrons. The van der Waals surface area contributed by atoms with Crippen LogP contribution in [-0.4, -0.2) is 16.7 Å². The summed E-state index contributed by atoms with van der Waals surface area (Å²) in [5.41, 5.74) is 0.958. The Hall–Kier alpha value is -0.720. The van der Waals surface area contributed by atoms with E-state index in [0.29, 0.717) is 4.67 Å². The van der Waals surface area contributed by atoms with Gasteiger partial charge in [0.15, 0.2) is 9.68 Å². The fourth-order valence-corrected chi connectivity index (χ4v) is 2.64. The highest BCUT2D eigenvalue weighted by molar-refractivity contribution is 9.10. The normalized spacial score (nSPS) is 10.9. The Balaban J connectivity index is 2.05. The minimum absolute atomic E-state index is 0.705. The number of nitrogens with one attached hydrogen (secondary N) is 1. The number of hydrogen-bond acceptors (Lipinski definition) is 5. The van der Waals surface area contributed by atoms with Crippen molar-refractivity contribution in [1.82, 2.24) is 15.5 Å². The van der Waals surface area contributed by atoms with E-state index in [1.807, 2.05) is 6.07 Å². The van der Waals surface area contributed by atoms with Crippen LogP contribution in [0.1, 0.15) is 18.4 Å². The standard InChI is InChI=1S/C10H12BrN3OS/c1-2-4-12-6-8-13-14-10(16-8)7-3-5-15-9(7)11/h3,5,12H,2,4,6H2,1H3. The van der Waals surface area contributed by atoms with Crippen molar-refractivity contribution in [3.8, 4) is 10.6 Å². The van der Waals surface area contributed by atoms with Gasteiger partial charge in [-0.15, -0.1) is 10.2 Å². The van der Waals surface area contributed by atoms with E-state index in [1.54, 1.807) is 17.6 Å². The molecule has 0 fully saturated rings. The number of aromatic nitrogens is 2. The van der Waals surface area contributed by atoms with E-state index in [9.17, 15) is 0 Å². The molecule has 2 aromatic heterocycles. The minimum atomic E-state index is 0.705. The molecule has 0 spiro atoms. The number of rotatable bonds is 5. The Morgan fingerprint density at radius 2 is 2.38 bits per heavy atom. The average molecular weight is 302 g/mol. The Morgan fingerprint density at radius 3 is 3.06 bits per heavy atom. The lowest BCUT2D eigenvalue weighted by Gasteiger charge is -1.96. The summed E-state index contributed by atoms with van der Waals surface area (Å²) in [5, 5.41) is 13.4. The zero-order chi connectivity index (χ0) is 11.4. The van der Waals surface area contributed by atoms with Gasteiger partial charge < -0.3 is 9.73 Å². The quantitative estimate of drug-likeness (QED) is 0.862. The molecule has 0 atom stereocenters. The van der Waals surface area contributed by atoms with E-state index in [1.165, 1.54) is 0 Å². The molecule has 2 rings (SSSR count). The number of nitrogens with zero attached hydrogens (tertiary/aromatic N) is 2. The molecule has 2 aromatic rings. The van der Waals surface area contributed by atoms with Gasteiger partial charge >= 0.3 is 0 Å². The second-order valence-corrected chi connectivity index (χ2v) is 5.07. The van der Waals surface area contributed by atoms with Gasteiger partial charge in [0.1, 0.15) is 5.01 Å². The summed E-state index contributed by atoms with van der Waals surface area (Å²) in [5.74, 6) is 0. The van der Waals surface area contributed by atoms with Crippen molar-refractivity contribution in [2.75, 3.05) is 6.54 Å². The Morgan fingerprint density at radius 1 is 1.50 bits per heavy atom. The fraction of sp³-hybridized carbons (Fsp3) is 0.400. The van der Waals surface area contributed by atoms with Crippen LogP contribution in [0.5, 0.6) is 0 Å². The van der Waals surface area contributed by atoms with Crippen molar-refractivity contribution in [1.29, 1.82) is 0 Å². The second-order valence-electron chi connectivity index (χ2n) is 3.29. The molecule has 0 saturated carbocycles. The third-order valence-corrected chi connectivity index (χ3v) is 3.59. The van der Waals surface area contributed by atoms with Crippen LogP contribution in [0.15, 0.2) is 21.4 Å². The molecule has 0 aliphatic carbocycles. The van der Waals surface area contributed by atoms with Crippen LogP contribution < -0.4 is 5.32 Å². The summed E-state index contributed by atoms with van der Waals surface area (Å²) in [6.07, 6.45) is 2.76. The van der Waals surface area contributed by atoms with Crippen LogP contribution in [0, 0.1) is 0 Å². The molecular weight excluding hydrogens is 290 g/mol. The Bertz CT molecular complexity index is 454. The molecule has 0 saturated heterocycles. The van der Waals surface area contributed by atoms with E-state index < -0.39 is 0 Å². The van der Waals surface area contributed by atoms with Gasteiger partial charge in [0.2, 0.25) is 0 Å². The summed E-state index contributed by atoms with van der Waals surface area (Å²) in [6, 6.07) is 1.88. The molecule has 0 unspecified atom stereocenters. The van der Waals surface area contributed by atoms with Crippen molar-refractivity contribution in [3.05, 3.63) is 22.0 Å². The molecule has 0 aromatic carbocycles. The zero-order valence-electron chi connectivity index (χ0n) is 8.86. The van der Waals surface area contributed by atoms with Crippen molar-refractivity contribution in [2.45, 2.75) is 19.9 Å². The zero-order valence-corrected chi connectivity index (χ0v) is 11.3. The SMILES string of the molecule is CCCNCc1nnc(-c2ccoc2Br)s1. The summed E-state index contributed by atoms with van der Waals surface area (Å²) in [6.45, 7) is 3.92. The highest BCUT2D eigenvalue weighted by Gasteiger charge is 2.11. The molecular formula is C10H12BrN3OS. The van der Waals surface area contributed by atoms with E-state index in [4.69, 9.17) is 4.42 Å². The fourth-order valence-electron chi connectivity index (χ4n) is 1.25. The first kappa shape index (κ1) is 11.8. The molecule has 0 amide bonds. The van der Waals surface area contributed by atoms with E-state index in [-0.39, 0.29) is 0 Å². The van der Waals surface area contributed by atoms with Gasteiger partial charge in [0, 0.05) is 6.54 Å². The third-order valence-electron chi connectivity index (χ3n) is 2.02. The Labute approximate surface area is 106 Å². The van der Waals surface area contributed by atoms with Crippen LogP contribution in [0.3, 0.4) is 0 Å². The number of hydrogen-bond donors (Lipinski definition) is 1. The van der Waals surface area contributed by atoms with Crippen molar-refractivity contribution >= 4 is 27.3 Å². The molecule has 0 bridgehead atoms. The minimum Gasteiger partial charge on any atom is -0.457 e. The molecule has 1 N–H and O–H groups in total. The van der Waals surface area contributed by atoms with E-state index in [0.717, 1.165) is 35.1 Å². The topological polar surface area (TPSA) is 51.0 Å². The van der Waals surface area contributed by atoms with E-state index in [2.05, 4.69) is 38.4 Å². The first-order chi connectivity index (χ1) is 7.81. The van der Waals surface area contributed by atoms with Gasteiger partial charge in [-0.2, -0.15) is 0 Å². The number of furan rings is 1. The van der Waals surface area contributed by atoms with Gasteiger partial charge in [0.05, 0.1) is 11.8 Å². The maximum Gasteiger partial charge on any atom is 0.179 e. The van der Waals surface area contributed by atoms with Crippen molar-refractivity contribution in [2.24, 2.45) is 0 Å². The molecule has 6 heteroatoms. The third kappa shape index (κ3) is 2.69. The van der Waals surface area contributed by atoms with Crippen LogP contribution in [0.2, 0.25) is 0 Å². The predicted octanol–water partition coefficient (Wildman–Crippen LogP) is 3.06. The van der Waals surface area contributed by atoms with Crippen LogP contribution in [0.4, 0.5) is 0 Å². The van der Waals surface area contributed by atoms with Gasteiger partial charge in [-0.05, 0) is 35.0 Å². The lowest BCUT2D eigenvalue weighted by Crippen LogP contribution is -2.13. The molecule has 2 heterocycles. The molecule has 16 heavy (non-hydrogen) atoms. The monoisotopic (exact) mass is 301 g/mol. The Kier molecular flexibility index (Phi) is 4.09. The van der Waals surface area contributed by atoms with Crippen LogP contribution in [0.25, 0.3) is 10.6 Å². The summed E-state index contributed by atoms with van der Waals surface area (Å²) in [7, 11) is 0. The second kappa shape index (κ2) is 5.56. The van der Waals surface area contributed by atoms with Crippen molar-refractivity contribution < 1.29 is 4.42 Å². The first-order valence-electron chi connectivity index (χ1n) is 5.07. The summed E-state index contributed by atoms with van der Waals surface area (Å²) in [4.78, 5) is 0. The lowest BCUT2D eigenvalue weighted by atomic mass is 10.4. The molecule has 0 aliphatic heterocycles. The predicted molar refractivity (Wildman–Crippen MR) is 67.3 cm³/mol. The lowest BCUT2D eigenvalue weighted by molar-refractivity contribution is 0.542.